The summed E-state index contributed by atoms with van der Waals surface area (Å²) in [5.74, 6) is 0. The van der Waals surface area contributed by atoms with Crippen LogP contribution in [0.25, 0.3) is 0 Å². The lowest BCUT2D eigenvalue weighted by Gasteiger charge is -2.18. The van der Waals surface area contributed by atoms with E-state index in [-0.39, 0.29) is 12.6 Å². The summed E-state index contributed by atoms with van der Waals surface area (Å²) in [5, 5.41) is 15.6. The van der Waals surface area contributed by atoms with Crippen molar-refractivity contribution in [2.24, 2.45) is 0 Å². The molecule has 1 atom stereocenters. The first kappa shape index (κ1) is 17.8. The van der Waals surface area contributed by atoms with Crippen LogP contribution in [0.15, 0.2) is 48.5 Å². The minimum atomic E-state index is -0.728. The molecule has 2 rings (SSSR count). The lowest BCUT2D eigenvalue weighted by atomic mass is 10.1. The summed E-state index contributed by atoms with van der Waals surface area (Å²) in [7, 11) is 2.00. The number of benzene rings is 2. The average Bonchev–Trinajstić information content (AvgIpc) is 2.59. The zero-order chi connectivity index (χ0) is 17.5. The van der Waals surface area contributed by atoms with Crippen LogP contribution in [-0.4, -0.2) is 31.3 Å². The zero-order valence-electron chi connectivity index (χ0n) is 14.4. The molecule has 2 aromatic carbocycles. The molecule has 3 N–H and O–H groups in total. The van der Waals surface area contributed by atoms with Crippen LogP contribution in [0.4, 0.5) is 16.2 Å². The summed E-state index contributed by atoms with van der Waals surface area (Å²) in [5.41, 5.74) is 3.67. The SMILES string of the molecule is CCN(C)c1cccc(NC(=O)NCC(O)c2ccc(C)cc2)c1. The Morgan fingerprint density at radius 1 is 1.21 bits per heavy atom. The van der Waals surface area contributed by atoms with Gasteiger partial charge < -0.3 is 20.6 Å². The molecule has 0 saturated carbocycles. The molecule has 128 valence electrons. The van der Waals surface area contributed by atoms with Gasteiger partial charge in [0.2, 0.25) is 0 Å². The van der Waals surface area contributed by atoms with Crippen molar-refractivity contribution in [3.63, 3.8) is 0 Å². The number of rotatable bonds is 6. The highest BCUT2D eigenvalue weighted by atomic mass is 16.3. The number of anilines is 2. The number of hydrogen-bond donors (Lipinski definition) is 3. The van der Waals surface area contributed by atoms with Crippen molar-refractivity contribution < 1.29 is 9.90 Å². The summed E-state index contributed by atoms with van der Waals surface area (Å²) in [6, 6.07) is 14.9. The maximum atomic E-state index is 12.0. The van der Waals surface area contributed by atoms with E-state index in [9.17, 15) is 9.90 Å². The Labute approximate surface area is 143 Å². The van der Waals surface area contributed by atoms with Crippen molar-refractivity contribution in [2.45, 2.75) is 20.0 Å². The first-order chi connectivity index (χ1) is 11.5. The fraction of sp³-hybridized carbons (Fsp3) is 0.316. The van der Waals surface area contributed by atoms with Gasteiger partial charge in [-0.15, -0.1) is 0 Å². The van der Waals surface area contributed by atoms with Gasteiger partial charge in [-0.3, -0.25) is 0 Å². The van der Waals surface area contributed by atoms with E-state index in [0.29, 0.717) is 0 Å². The minimum Gasteiger partial charge on any atom is -0.387 e. The van der Waals surface area contributed by atoms with Gasteiger partial charge in [-0.25, -0.2) is 4.79 Å². The number of aliphatic hydroxyl groups is 1. The molecule has 0 bridgehead atoms. The molecule has 0 fully saturated rings. The van der Waals surface area contributed by atoms with Crippen molar-refractivity contribution >= 4 is 17.4 Å². The Morgan fingerprint density at radius 3 is 2.58 bits per heavy atom. The predicted molar refractivity (Wildman–Crippen MR) is 98.5 cm³/mol. The Kier molecular flexibility index (Phi) is 6.21. The van der Waals surface area contributed by atoms with Crippen LogP contribution in [0.3, 0.4) is 0 Å². The minimum absolute atomic E-state index is 0.156. The average molecular weight is 327 g/mol. The molecule has 0 spiro atoms. The Morgan fingerprint density at radius 2 is 1.92 bits per heavy atom. The number of urea groups is 1. The van der Waals surface area contributed by atoms with E-state index in [1.54, 1.807) is 0 Å². The fourth-order valence-corrected chi connectivity index (χ4v) is 2.27. The number of carbonyl (C=O) groups is 1. The van der Waals surface area contributed by atoms with Gasteiger partial charge in [-0.05, 0) is 37.6 Å². The molecule has 0 aliphatic rings. The van der Waals surface area contributed by atoms with E-state index in [4.69, 9.17) is 0 Å². The van der Waals surface area contributed by atoms with Crippen molar-refractivity contribution in [3.8, 4) is 0 Å². The number of hydrogen-bond acceptors (Lipinski definition) is 3. The standard InChI is InChI=1S/C19H25N3O2/c1-4-22(3)17-7-5-6-16(12-17)21-19(24)20-13-18(23)15-10-8-14(2)9-11-15/h5-12,18,23H,4,13H2,1-3H3,(H2,20,21,24). The van der Waals surface area contributed by atoms with E-state index in [0.717, 1.165) is 29.0 Å². The summed E-state index contributed by atoms with van der Waals surface area (Å²) < 4.78 is 0. The second-order valence-electron chi connectivity index (χ2n) is 5.83. The highest BCUT2D eigenvalue weighted by Crippen LogP contribution is 2.18. The second kappa shape index (κ2) is 8.36. The van der Waals surface area contributed by atoms with Crippen molar-refractivity contribution in [1.29, 1.82) is 0 Å². The first-order valence-corrected chi connectivity index (χ1v) is 8.10. The monoisotopic (exact) mass is 327 g/mol. The largest absolute Gasteiger partial charge is 0.387 e. The highest BCUT2D eigenvalue weighted by molar-refractivity contribution is 5.89. The predicted octanol–water partition coefficient (Wildman–Crippen LogP) is 3.31. The van der Waals surface area contributed by atoms with Gasteiger partial charge in [0.1, 0.15) is 0 Å². The quantitative estimate of drug-likeness (QED) is 0.763. The van der Waals surface area contributed by atoms with Gasteiger partial charge in [0.15, 0.2) is 0 Å². The highest BCUT2D eigenvalue weighted by Gasteiger charge is 2.10. The molecule has 5 heteroatoms. The normalized spacial score (nSPS) is 11.7. The van der Waals surface area contributed by atoms with E-state index < -0.39 is 6.10 Å². The van der Waals surface area contributed by atoms with Crippen molar-refractivity contribution in [3.05, 3.63) is 59.7 Å². The molecule has 0 aliphatic heterocycles. The number of nitrogens with one attached hydrogen (secondary N) is 2. The molecular weight excluding hydrogens is 302 g/mol. The van der Waals surface area contributed by atoms with Crippen LogP contribution >= 0.6 is 0 Å². The van der Waals surface area contributed by atoms with E-state index in [2.05, 4.69) is 22.5 Å². The van der Waals surface area contributed by atoms with E-state index in [1.165, 1.54) is 0 Å². The zero-order valence-corrected chi connectivity index (χ0v) is 14.4. The fourth-order valence-electron chi connectivity index (χ4n) is 2.27. The third kappa shape index (κ3) is 4.99. The summed E-state index contributed by atoms with van der Waals surface area (Å²) in [6.45, 7) is 5.10. The summed E-state index contributed by atoms with van der Waals surface area (Å²) in [4.78, 5) is 14.1. The Balaban J connectivity index is 1.88. The molecule has 5 nitrogen and oxygen atoms in total. The molecule has 1 unspecified atom stereocenters. The smallest absolute Gasteiger partial charge is 0.319 e. The van der Waals surface area contributed by atoms with Crippen LogP contribution in [0.2, 0.25) is 0 Å². The summed E-state index contributed by atoms with van der Waals surface area (Å²) in [6.07, 6.45) is -0.728. The van der Waals surface area contributed by atoms with Crippen LogP contribution in [0.1, 0.15) is 24.2 Å². The van der Waals surface area contributed by atoms with Crippen molar-refractivity contribution in [2.75, 3.05) is 30.4 Å². The number of amides is 2. The van der Waals surface area contributed by atoms with Crippen LogP contribution in [-0.2, 0) is 0 Å². The number of aliphatic hydroxyl groups excluding tert-OH is 1. The van der Waals surface area contributed by atoms with E-state index >= 15 is 0 Å². The van der Waals surface area contributed by atoms with Crippen LogP contribution < -0.4 is 15.5 Å². The molecule has 24 heavy (non-hydrogen) atoms. The molecule has 0 heterocycles. The van der Waals surface area contributed by atoms with Crippen molar-refractivity contribution in [1.82, 2.24) is 5.32 Å². The van der Waals surface area contributed by atoms with Crippen LogP contribution in [0, 0.1) is 6.92 Å². The maximum absolute atomic E-state index is 12.0. The molecule has 0 saturated heterocycles. The number of aryl methyl sites for hydroxylation is 1. The Bertz CT molecular complexity index is 671. The third-order valence-electron chi connectivity index (χ3n) is 3.94. The van der Waals surface area contributed by atoms with Gasteiger partial charge in [-0.2, -0.15) is 0 Å². The second-order valence-corrected chi connectivity index (χ2v) is 5.83. The Hall–Kier alpha value is -2.53. The topological polar surface area (TPSA) is 64.6 Å². The van der Waals surface area contributed by atoms with Crippen LogP contribution in [0.5, 0.6) is 0 Å². The van der Waals surface area contributed by atoms with Gasteiger partial charge in [0.25, 0.3) is 0 Å². The summed E-state index contributed by atoms with van der Waals surface area (Å²) >= 11 is 0. The lowest BCUT2D eigenvalue weighted by Crippen LogP contribution is -2.32. The molecule has 2 aromatic rings. The molecule has 0 aliphatic carbocycles. The first-order valence-electron chi connectivity index (χ1n) is 8.10. The van der Waals surface area contributed by atoms with Gasteiger partial charge in [0.05, 0.1) is 6.10 Å². The van der Waals surface area contributed by atoms with Gasteiger partial charge >= 0.3 is 6.03 Å². The van der Waals surface area contributed by atoms with Gasteiger partial charge in [-0.1, -0.05) is 35.9 Å². The third-order valence-corrected chi connectivity index (χ3v) is 3.94. The molecular formula is C19H25N3O2. The molecule has 0 radical (unpaired) electrons. The number of nitrogens with zero attached hydrogens (tertiary/aromatic N) is 1. The lowest BCUT2D eigenvalue weighted by molar-refractivity contribution is 0.175. The molecule has 2 amide bonds. The number of carbonyl (C=O) groups excluding carboxylic acids is 1. The maximum Gasteiger partial charge on any atom is 0.319 e. The van der Waals surface area contributed by atoms with Gasteiger partial charge in [0, 0.05) is 31.5 Å². The van der Waals surface area contributed by atoms with E-state index in [1.807, 2.05) is 62.5 Å². The molecule has 0 aromatic heterocycles.